The van der Waals surface area contributed by atoms with Gasteiger partial charge < -0.3 is 14.2 Å². The molecule has 4 aliphatic rings. The zero-order valence-corrected chi connectivity index (χ0v) is 15.8. The monoisotopic (exact) mass is 348 g/mol. The van der Waals surface area contributed by atoms with E-state index in [0.29, 0.717) is 18.8 Å². The molecule has 0 N–H and O–H groups in total. The Morgan fingerprint density at radius 2 is 2.16 bits per heavy atom. The molecule has 2 aliphatic carbocycles. The maximum atomic E-state index is 12.9. The molecule has 25 heavy (non-hydrogen) atoms. The average molecular weight is 348 g/mol. The lowest BCUT2D eigenvalue weighted by Gasteiger charge is -2.44. The maximum absolute atomic E-state index is 12.9. The molecule has 7 atom stereocenters. The third kappa shape index (κ3) is 1.88. The SMILES string of the molecule is CC[C@H](C)C(=O)O[C@H]1[C@@]2(C)C(=CCC[C@@H]2C)C[C@]12C(=O)O[C@@H]1O[C@@]12C. The third-order valence-electron chi connectivity index (χ3n) is 7.62. The molecule has 2 saturated heterocycles. The molecule has 0 aromatic heterocycles. The highest BCUT2D eigenvalue weighted by Gasteiger charge is 2.85. The summed E-state index contributed by atoms with van der Waals surface area (Å²) < 4.78 is 17.4. The summed E-state index contributed by atoms with van der Waals surface area (Å²) in [6, 6.07) is 0. The van der Waals surface area contributed by atoms with Gasteiger partial charge in [-0.2, -0.15) is 0 Å². The van der Waals surface area contributed by atoms with Crippen LogP contribution in [0.3, 0.4) is 0 Å². The van der Waals surface area contributed by atoms with E-state index in [-0.39, 0.29) is 23.3 Å². The van der Waals surface area contributed by atoms with Crippen LogP contribution in [0, 0.1) is 22.7 Å². The van der Waals surface area contributed by atoms with E-state index in [2.05, 4.69) is 19.9 Å². The Bertz CT molecular complexity index is 669. The topological polar surface area (TPSA) is 65.1 Å². The van der Waals surface area contributed by atoms with Crippen molar-refractivity contribution < 1.29 is 23.8 Å². The van der Waals surface area contributed by atoms with Crippen molar-refractivity contribution in [1.82, 2.24) is 0 Å². The summed E-state index contributed by atoms with van der Waals surface area (Å²) in [5, 5.41) is 0. The normalized spacial score (nSPS) is 48.4. The Labute approximate surface area is 149 Å². The van der Waals surface area contributed by atoms with Gasteiger partial charge >= 0.3 is 11.9 Å². The first-order chi connectivity index (χ1) is 11.7. The van der Waals surface area contributed by atoms with Crippen molar-refractivity contribution in [3.63, 3.8) is 0 Å². The summed E-state index contributed by atoms with van der Waals surface area (Å²) in [4.78, 5) is 25.6. The van der Waals surface area contributed by atoms with Crippen LogP contribution >= 0.6 is 0 Å². The fraction of sp³-hybridized carbons (Fsp3) is 0.800. The predicted molar refractivity (Wildman–Crippen MR) is 90.3 cm³/mol. The van der Waals surface area contributed by atoms with E-state index in [4.69, 9.17) is 14.2 Å². The molecule has 2 heterocycles. The highest BCUT2D eigenvalue weighted by molar-refractivity contribution is 5.86. The first kappa shape index (κ1) is 17.1. The zero-order valence-electron chi connectivity index (χ0n) is 15.8. The molecule has 1 saturated carbocycles. The van der Waals surface area contributed by atoms with Crippen LogP contribution in [0.5, 0.6) is 0 Å². The number of fused-ring (bicyclic) bond motifs is 3. The smallest absolute Gasteiger partial charge is 0.321 e. The Morgan fingerprint density at radius 3 is 2.76 bits per heavy atom. The lowest BCUT2D eigenvalue weighted by atomic mass is 9.64. The van der Waals surface area contributed by atoms with Crippen LogP contribution in [0.2, 0.25) is 0 Å². The van der Waals surface area contributed by atoms with Crippen LogP contribution in [-0.2, 0) is 23.8 Å². The molecule has 0 aromatic carbocycles. The predicted octanol–water partition coefficient (Wildman–Crippen LogP) is 3.37. The van der Waals surface area contributed by atoms with Crippen molar-refractivity contribution >= 4 is 11.9 Å². The molecule has 0 bridgehead atoms. The number of esters is 2. The Morgan fingerprint density at radius 1 is 1.44 bits per heavy atom. The molecular formula is C20H28O5. The van der Waals surface area contributed by atoms with E-state index in [1.807, 2.05) is 20.8 Å². The van der Waals surface area contributed by atoms with Gasteiger partial charge in [-0.3, -0.25) is 9.59 Å². The van der Waals surface area contributed by atoms with Crippen LogP contribution in [0.4, 0.5) is 0 Å². The van der Waals surface area contributed by atoms with Crippen molar-refractivity contribution in [2.24, 2.45) is 22.7 Å². The molecule has 0 amide bonds. The van der Waals surface area contributed by atoms with Gasteiger partial charge in [0.2, 0.25) is 6.29 Å². The van der Waals surface area contributed by atoms with Crippen molar-refractivity contribution in [3.8, 4) is 0 Å². The fourth-order valence-corrected chi connectivity index (χ4v) is 5.22. The second-order valence-electron chi connectivity index (χ2n) is 8.73. The first-order valence-electron chi connectivity index (χ1n) is 9.50. The summed E-state index contributed by atoms with van der Waals surface area (Å²) in [6.45, 7) is 10.1. The molecule has 0 aromatic rings. The van der Waals surface area contributed by atoms with Crippen molar-refractivity contribution in [3.05, 3.63) is 11.6 Å². The standard InChI is InChI=1S/C20H28O5/c1-6-11(2)14(21)23-15-18(4)12(3)8-7-9-13(18)10-20(15)16(22)24-17-19(20,5)25-17/h9,11-12,15,17H,6-8,10H2,1-5H3/t11-,12-,15-,17+,18+,19-,20+/m0/s1. The summed E-state index contributed by atoms with van der Waals surface area (Å²) in [7, 11) is 0. The molecular weight excluding hydrogens is 320 g/mol. The molecule has 138 valence electrons. The maximum Gasteiger partial charge on any atom is 0.321 e. The zero-order chi connectivity index (χ0) is 18.2. The quantitative estimate of drug-likeness (QED) is 0.444. The van der Waals surface area contributed by atoms with Crippen molar-refractivity contribution in [1.29, 1.82) is 0 Å². The molecule has 5 heteroatoms. The van der Waals surface area contributed by atoms with Gasteiger partial charge in [0.05, 0.1) is 5.92 Å². The van der Waals surface area contributed by atoms with E-state index in [0.717, 1.165) is 12.8 Å². The number of carbonyl (C=O) groups is 2. The molecule has 0 unspecified atom stereocenters. The lowest BCUT2D eigenvalue weighted by Crippen LogP contribution is -2.54. The van der Waals surface area contributed by atoms with Gasteiger partial charge in [-0.05, 0) is 38.5 Å². The molecule has 3 fully saturated rings. The van der Waals surface area contributed by atoms with Crippen LogP contribution in [0.25, 0.3) is 0 Å². The van der Waals surface area contributed by atoms with Gasteiger partial charge in [-0.15, -0.1) is 0 Å². The summed E-state index contributed by atoms with van der Waals surface area (Å²) in [5.41, 5.74) is -0.724. The molecule has 4 rings (SSSR count). The van der Waals surface area contributed by atoms with Gasteiger partial charge in [0.15, 0.2) is 5.60 Å². The minimum absolute atomic E-state index is 0.186. The third-order valence-corrected chi connectivity index (χ3v) is 7.62. The summed E-state index contributed by atoms with van der Waals surface area (Å²) >= 11 is 0. The van der Waals surface area contributed by atoms with E-state index >= 15 is 0 Å². The highest BCUT2D eigenvalue weighted by Crippen LogP contribution is 2.71. The number of epoxide rings is 1. The summed E-state index contributed by atoms with van der Waals surface area (Å²) in [6.07, 6.45) is 4.53. The van der Waals surface area contributed by atoms with E-state index in [1.165, 1.54) is 5.57 Å². The average Bonchev–Trinajstić information content (AvgIpc) is 3.08. The number of rotatable bonds is 3. The molecule has 2 aliphatic heterocycles. The summed E-state index contributed by atoms with van der Waals surface area (Å²) in [5.74, 6) is -0.353. The molecule has 1 spiro atoms. The van der Waals surface area contributed by atoms with Gasteiger partial charge in [0.25, 0.3) is 0 Å². The number of hydrogen-bond donors (Lipinski definition) is 0. The van der Waals surface area contributed by atoms with E-state index in [1.54, 1.807) is 0 Å². The van der Waals surface area contributed by atoms with Crippen LogP contribution < -0.4 is 0 Å². The number of allylic oxidation sites excluding steroid dienone is 1. The van der Waals surface area contributed by atoms with Gasteiger partial charge in [-0.1, -0.05) is 39.3 Å². The van der Waals surface area contributed by atoms with Gasteiger partial charge in [-0.25, -0.2) is 0 Å². The van der Waals surface area contributed by atoms with Crippen LogP contribution in [0.15, 0.2) is 11.6 Å². The molecule has 5 nitrogen and oxygen atoms in total. The highest BCUT2D eigenvalue weighted by atomic mass is 16.8. The van der Waals surface area contributed by atoms with Crippen LogP contribution in [-0.4, -0.2) is 29.9 Å². The Balaban J connectivity index is 1.82. The van der Waals surface area contributed by atoms with Gasteiger partial charge in [0, 0.05) is 5.41 Å². The van der Waals surface area contributed by atoms with E-state index < -0.39 is 23.4 Å². The lowest BCUT2D eigenvalue weighted by molar-refractivity contribution is -0.186. The Kier molecular flexibility index (Phi) is 3.48. The molecule has 0 radical (unpaired) electrons. The minimum atomic E-state index is -0.917. The van der Waals surface area contributed by atoms with Crippen molar-refractivity contribution in [2.45, 2.75) is 78.3 Å². The number of carbonyl (C=O) groups excluding carboxylic acids is 2. The number of ether oxygens (including phenoxy) is 3. The first-order valence-corrected chi connectivity index (χ1v) is 9.50. The fourth-order valence-electron chi connectivity index (χ4n) is 5.22. The van der Waals surface area contributed by atoms with Crippen LogP contribution in [0.1, 0.15) is 60.3 Å². The van der Waals surface area contributed by atoms with Crippen molar-refractivity contribution in [2.75, 3.05) is 0 Å². The van der Waals surface area contributed by atoms with E-state index in [9.17, 15) is 9.59 Å². The minimum Gasteiger partial charge on any atom is -0.460 e. The second-order valence-corrected chi connectivity index (χ2v) is 8.73. The number of hydrogen-bond acceptors (Lipinski definition) is 5. The van der Waals surface area contributed by atoms with Gasteiger partial charge in [0.1, 0.15) is 11.5 Å². The Hall–Kier alpha value is -1.36. The largest absolute Gasteiger partial charge is 0.460 e. The second kappa shape index (κ2) is 5.09.